The Hall–Kier alpha value is -1.33. The third-order valence-electron chi connectivity index (χ3n) is 1.95. The molecular weight excluding hydrogens is 218 g/mol. The molecule has 6 heteroatoms. The first kappa shape index (κ1) is 11.7. The number of hydrogen-bond acceptors (Lipinski definition) is 4. The molecule has 1 aromatic rings. The highest BCUT2D eigenvalue weighted by Gasteiger charge is 2.14. The quantitative estimate of drug-likeness (QED) is 0.611. The number of nitrogens with two attached hydrogens (primary N) is 1. The van der Waals surface area contributed by atoms with Crippen molar-refractivity contribution in [2.75, 3.05) is 18.4 Å². The minimum Gasteiger partial charge on any atom is -0.384 e. The first-order valence-electron chi connectivity index (χ1n) is 4.44. The number of nitrogens with one attached hydrogen (secondary N) is 1. The molecule has 0 aliphatic heterocycles. The van der Waals surface area contributed by atoms with Crippen LogP contribution in [0.4, 0.5) is 11.4 Å². The molecule has 0 aliphatic rings. The summed E-state index contributed by atoms with van der Waals surface area (Å²) in [7, 11) is 0. The lowest BCUT2D eigenvalue weighted by Gasteiger charge is -2.08. The van der Waals surface area contributed by atoms with E-state index < -0.39 is 4.92 Å². The normalized spacial score (nSPS) is 10.1. The predicted molar refractivity (Wildman–Crippen MR) is 60.4 cm³/mol. The minimum atomic E-state index is -0.498. The fourth-order valence-corrected chi connectivity index (χ4v) is 1.44. The monoisotopic (exact) mass is 229 g/mol. The van der Waals surface area contributed by atoms with Crippen molar-refractivity contribution in [3.8, 4) is 0 Å². The topological polar surface area (TPSA) is 81.2 Å². The van der Waals surface area contributed by atoms with E-state index in [2.05, 4.69) is 5.32 Å². The fourth-order valence-electron chi connectivity index (χ4n) is 1.20. The van der Waals surface area contributed by atoms with Gasteiger partial charge in [0.2, 0.25) is 0 Å². The largest absolute Gasteiger partial charge is 0.384 e. The smallest absolute Gasteiger partial charge is 0.288 e. The molecule has 0 bridgehead atoms. The van der Waals surface area contributed by atoms with Crippen molar-refractivity contribution >= 4 is 23.0 Å². The maximum absolute atomic E-state index is 10.6. The average molecular weight is 230 g/mol. The van der Waals surface area contributed by atoms with Crippen molar-refractivity contribution in [2.45, 2.75) is 6.92 Å². The molecule has 1 aromatic carbocycles. The zero-order valence-corrected chi connectivity index (χ0v) is 9.04. The molecule has 1 rings (SSSR count). The van der Waals surface area contributed by atoms with Gasteiger partial charge in [0.25, 0.3) is 5.69 Å². The highest BCUT2D eigenvalue weighted by atomic mass is 35.5. The second kappa shape index (κ2) is 4.95. The van der Waals surface area contributed by atoms with Crippen LogP contribution in [0.1, 0.15) is 5.56 Å². The number of benzene rings is 1. The van der Waals surface area contributed by atoms with Gasteiger partial charge >= 0.3 is 0 Å². The standard InChI is InChI=1S/C9H12ClN3O2/c1-6-4-9(13(14)15)7(10)5-8(6)12-3-2-11/h4-5,12H,2-3,11H2,1H3. The van der Waals surface area contributed by atoms with Crippen molar-refractivity contribution in [3.05, 3.63) is 32.8 Å². The lowest BCUT2D eigenvalue weighted by molar-refractivity contribution is -0.384. The summed E-state index contributed by atoms with van der Waals surface area (Å²) in [6.07, 6.45) is 0. The number of aryl methyl sites for hydroxylation is 1. The Morgan fingerprint density at radius 2 is 2.27 bits per heavy atom. The van der Waals surface area contributed by atoms with Gasteiger partial charge in [0.05, 0.1) is 4.92 Å². The summed E-state index contributed by atoms with van der Waals surface area (Å²) in [5.74, 6) is 0. The number of nitro benzene ring substituents is 1. The van der Waals surface area contributed by atoms with Crippen LogP contribution in [-0.4, -0.2) is 18.0 Å². The molecule has 0 aromatic heterocycles. The lowest BCUT2D eigenvalue weighted by atomic mass is 10.2. The molecular formula is C9H12ClN3O2. The molecule has 0 aliphatic carbocycles. The maximum Gasteiger partial charge on any atom is 0.288 e. The van der Waals surface area contributed by atoms with Crippen LogP contribution in [0.5, 0.6) is 0 Å². The van der Waals surface area contributed by atoms with Gasteiger partial charge in [-0.25, -0.2) is 0 Å². The number of hydrogen-bond donors (Lipinski definition) is 2. The van der Waals surface area contributed by atoms with Crippen LogP contribution in [0, 0.1) is 17.0 Å². The maximum atomic E-state index is 10.6. The summed E-state index contributed by atoms with van der Waals surface area (Å²) in [5.41, 5.74) is 6.81. The number of rotatable bonds is 4. The predicted octanol–water partition coefficient (Wildman–Crippen LogP) is 1.93. The van der Waals surface area contributed by atoms with E-state index in [9.17, 15) is 10.1 Å². The Labute approximate surface area is 92.4 Å². The molecule has 0 amide bonds. The van der Waals surface area contributed by atoms with Crippen LogP contribution in [0.3, 0.4) is 0 Å². The average Bonchev–Trinajstić information content (AvgIpc) is 2.18. The summed E-state index contributed by atoms with van der Waals surface area (Å²) in [5, 5.41) is 13.7. The molecule has 3 N–H and O–H groups in total. The van der Waals surface area contributed by atoms with Gasteiger partial charge in [-0.2, -0.15) is 0 Å². The Morgan fingerprint density at radius 3 is 2.80 bits per heavy atom. The Morgan fingerprint density at radius 1 is 1.60 bits per heavy atom. The van der Waals surface area contributed by atoms with Gasteiger partial charge in [-0.1, -0.05) is 11.6 Å². The van der Waals surface area contributed by atoms with E-state index in [4.69, 9.17) is 17.3 Å². The zero-order valence-electron chi connectivity index (χ0n) is 8.29. The molecule has 0 heterocycles. The molecule has 0 saturated carbocycles. The summed E-state index contributed by atoms with van der Waals surface area (Å²) >= 11 is 5.76. The van der Waals surface area contributed by atoms with E-state index in [1.54, 1.807) is 13.0 Å². The molecule has 82 valence electrons. The third kappa shape index (κ3) is 2.81. The zero-order chi connectivity index (χ0) is 11.4. The van der Waals surface area contributed by atoms with Crippen molar-refractivity contribution in [1.82, 2.24) is 0 Å². The van der Waals surface area contributed by atoms with Crippen molar-refractivity contribution in [1.29, 1.82) is 0 Å². The lowest BCUT2D eigenvalue weighted by Crippen LogP contribution is -2.13. The van der Waals surface area contributed by atoms with Gasteiger partial charge in [0.15, 0.2) is 0 Å². The van der Waals surface area contributed by atoms with Crippen LogP contribution in [0.2, 0.25) is 5.02 Å². The number of halogens is 1. The number of nitro groups is 1. The van der Waals surface area contributed by atoms with Crippen LogP contribution < -0.4 is 11.1 Å². The molecule has 5 nitrogen and oxygen atoms in total. The third-order valence-corrected chi connectivity index (χ3v) is 2.25. The number of anilines is 1. The molecule has 0 atom stereocenters. The highest BCUT2D eigenvalue weighted by molar-refractivity contribution is 6.33. The Kier molecular flexibility index (Phi) is 3.88. The van der Waals surface area contributed by atoms with Gasteiger partial charge in [-0.05, 0) is 18.6 Å². The summed E-state index contributed by atoms with van der Waals surface area (Å²) in [6.45, 7) is 2.88. The summed E-state index contributed by atoms with van der Waals surface area (Å²) < 4.78 is 0. The van der Waals surface area contributed by atoms with Crippen LogP contribution >= 0.6 is 11.6 Å². The summed E-state index contributed by atoms with van der Waals surface area (Å²) in [6, 6.07) is 2.99. The first-order valence-corrected chi connectivity index (χ1v) is 4.82. The van der Waals surface area contributed by atoms with E-state index in [0.717, 1.165) is 11.3 Å². The van der Waals surface area contributed by atoms with Crippen LogP contribution in [-0.2, 0) is 0 Å². The molecule has 0 unspecified atom stereocenters. The molecule has 0 radical (unpaired) electrons. The molecule has 15 heavy (non-hydrogen) atoms. The van der Waals surface area contributed by atoms with Crippen molar-refractivity contribution < 1.29 is 4.92 Å². The number of nitrogens with zero attached hydrogens (tertiary/aromatic N) is 1. The van der Waals surface area contributed by atoms with E-state index in [-0.39, 0.29) is 10.7 Å². The fraction of sp³-hybridized carbons (Fsp3) is 0.333. The molecule has 0 spiro atoms. The van der Waals surface area contributed by atoms with Gasteiger partial charge in [0, 0.05) is 24.8 Å². The summed E-state index contributed by atoms with van der Waals surface area (Å²) in [4.78, 5) is 10.1. The van der Waals surface area contributed by atoms with E-state index in [1.807, 2.05) is 0 Å². The van der Waals surface area contributed by atoms with Gasteiger partial charge in [-0.15, -0.1) is 0 Å². The van der Waals surface area contributed by atoms with E-state index >= 15 is 0 Å². The van der Waals surface area contributed by atoms with Crippen LogP contribution in [0.15, 0.2) is 12.1 Å². The van der Waals surface area contributed by atoms with Gasteiger partial charge in [-0.3, -0.25) is 10.1 Å². The molecule has 0 fully saturated rings. The first-order chi connectivity index (χ1) is 7.06. The molecule has 0 saturated heterocycles. The SMILES string of the molecule is Cc1cc([N+](=O)[O-])c(Cl)cc1NCCN. The van der Waals surface area contributed by atoms with E-state index in [0.29, 0.717) is 13.1 Å². The van der Waals surface area contributed by atoms with Crippen LogP contribution in [0.25, 0.3) is 0 Å². The second-order valence-electron chi connectivity index (χ2n) is 3.09. The van der Waals surface area contributed by atoms with Gasteiger partial charge < -0.3 is 11.1 Å². The Bertz CT molecular complexity index is 382. The second-order valence-corrected chi connectivity index (χ2v) is 3.50. The van der Waals surface area contributed by atoms with Crippen molar-refractivity contribution in [3.63, 3.8) is 0 Å². The van der Waals surface area contributed by atoms with Crippen molar-refractivity contribution in [2.24, 2.45) is 5.73 Å². The van der Waals surface area contributed by atoms with Gasteiger partial charge in [0.1, 0.15) is 5.02 Å². The highest BCUT2D eigenvalue weighted by Crippen LogP contribution is 2.30. The van der Waals surface area contributed by atoms with E-state index in [1.165, 1.54) is 6.07 Å². The minimum absolute atomic E-state index is 0.0764. The Balaban J connectivity index is 3.02.